The number of nitriles is 1. The third-order valence-electron chi connectivity index (χ3n) is 4.18. The molecular weight excluding hydrogens is 383 g/mol. The molecule has 0 aromatic heterocycles. The molecule has 6 heteroatoms. The lowest BCUT2D eigenvalue weighted by Gasteiger charge is -2.12. The number of halogens is 1. The van der Waals surface area contributed by atoms with Crippen molar-refractivity contribution in [3.63, 3.8) is 0 Å². The maximum atomic E-state index is 13.3. The summed E-state index contributed by atoms with van der Waals surface area (Å²) in [4.78, 5) is 12.4. The van der Waals surface area contributed by atoms with Gasteiger partial charge in [-0.05, 0) is 53.6 Å². The van der Waals surface area contributed by atoms with Gasteiger partial charge in [0.05, 0.1) is 7.11 Å². The molecular formula is C24H19FN2O3. The van der Waals surface area contributed by atoms with E-state index in [0.717, 1.165) is 0 Å². The first-order chi connectivity index (χ1) is 14.6. The van der Waals surface area contributed by atoms with Gasteiger partial charge >= 0.3 is 0 Å². The molecule has 0 aliphatic heterocycles. The average Bonchev–Trinajstić information content (AvgIpc) is 2.77. The molecule has 30 heavy (non-hydrogen) atoms. The highest BCUT2D eigenvalue weighted by atomic mass is 19.1. The lowest BCUT2D eigenvalue weighted by Crippen LogP contribution is -2.13. The van der Waals surface area contributed by atoms with Crippen LogP contribution in [-0.2, 0) is 11.4 Å². The molecule has 0 heterocycles. The maximum absolute atomic E-state index is 13.3. The summed E-state index contributed by atoms with van der Waals surface area (Å²) in [7, 11) is 1.49. The molecule has 0 aliphatic rings. The second-order valence-electron chi connectivity index (χ2n) is 6.32. The molecule has 3 aromatic carbocycles. The van der Waals surface area contributed by atoms with E-state index >= 15 is 0 Å². The van der Waals surface area contributed by atoms with Crippen LogP contribution in [0.5, 0.6) is 11.5 Å². The summed E-state index contributed by atoms with van der Waals surface area (Å²) in [5.41, 5.74) is 1.84. The summed E-state index contributed by atoms with van der Waals surface area (Å²) >= 11 is 0. The van der Waals surface area contributed by atoms with E-state index in [1.807, 2.05) is 12.1 Å². The number of nitrogens with one attached hydrogen (secondary N) is 1. The lowest BCUT2D eigenvalue weighted by molar-refractivity contribution is -0.112. The Kier molecular flexibility index (Phi) is 6.80. The van der Waals surface area contributed by atoms with Crippen LogP contribution < -0.4 is 14.8 Å². The zero-order valence-electron chi connectivity index (χ0n) is 16.3. The number of carbonyl (C=O) groups is 1. The Morgan fingerprint density at radius 2 is 1.87 bits per heavy atom. The molecule has 0 bridgehead atoms. The molecule has 0 fully saturated rings. The average molecular weight is 402 g/mol. The van der Waals surface area contributed by atoms with E-state index in [-0.39, 0.29) is 18.0 Å². The lowest BCUT2D eigenvalue weighted by atomic mass is 10.1. The van der Waals surface area contributed by atoms with Gasteiger partial charge in [0.2, 0.25) is 0 Å². The van der Waals surface area contributed by atoms with Gasteiger partial charge < -0.3 is 14.8 Å². The number of para-hydroxylation sites is 1. The largest absolute Gasteiger partial charge is 0.493 e. The zero-order valence-corrected chi connectivity index (χ0v) is 16.3. The maximum Gasteiger partial charge on any atom is 0.266 e. The molecule has 3 aromatic rings. The van der Waals surface area contributed by atoms with Crippen LogP contribution >= 0.6 is 0 Å². The van der Waals surface area contributed by atoms with Gasteiger partial charge in [-0.1, -0.05) is 36.4 Å². The van der Waals surface area contributed by atoms with Crippen LogP contribution in [0, 0.1) is 17.1 Å². The normalized spacial score (nSPS) is 10.8. The van der Waals surface area contributed by atoms with Gasteiger partial charge in [0.15, 0.2) is 11.5 Å². The molecule has 0 unspecified atom stereocenters. The number of ether oxygens (including phenoxy) is 2. The van der Waals surface area contributed by atoms with Crippen LogP contribution in [0.4, 0.5) is 10.1 Å². The Morgan fingerprint density at radius 3 is 2.57 bits per heavy atom. The number of methoxy groups -OCH3 is 1. The van der Waals surface area contributed by atoms with Gasteiger partial charge in [-0.15, -0.1) is 0 Å². The van der Waals surface area contributed by atoms with E-state index in [9.17, 15) is 14.4 Å². The molecule has 5 nitrogen and oxygen atoms in total. The van der Waals surface area contributed by atoms with Crippen LogP contribution in [0.3, 0.4) is 0 Å². The number of nitrogens with zero attached hydrogens (tertiary/aromatic N) is 1. The standard InChI is InChI=1S/C24H19FN2O3/c1-29-23-14-17(10-11-22(23)30-16-18-6-5-7-20(25)13-18)12-19(15-26)24(28)27-21-8-3-2-4-9-21/h2-14H,16H2,1H3,(H,27,28)/b19-12-. The molecule has 1 N–H and O–H groups in total. The van der Waals surface area contributed by atoms with Gasteiger partial charge in [-0.3, -0.25) is 4.79 Å². The fourth-order valence-corrected chi connectivity index (χ4v) is 2.72. The zero-order chi connectivity index (χ0) is 21.3. The van der Waals surface area contributed by atoms with Crippen molar-refractivity contribution >= 4 is 17.7 Å². The number of hydrogen-bond acceptors (Lipinski definition) is 4. The van der Waals surface area contributed by atoms with Crippen molar-refractivity contribution < 1.29 is 18.7 Å². The van der Waals surface area contributed by atoms with Crippen LogP contribution in [0.15, 0.2) is 78.4 Å². The number of rotatable bonds is 7. The molecule has 0 radical (unpaired) electrons. The quantitative estimate of drug-likeness (QED) is 0.448. The minimum atomic E-state index is -0.505. The van der Waals surface area contributed by atoms with Gasteiger partial charge in [0.1, 0.15) is 24.1 Å². The number of carbonyl (C=O) groups excluding carboxylic acids is 1. The van der Waals surface area contributed by atoms with Crippen molar-refractivity contribution in [2.75, 3.05) is 12.4 Å². The summed E-state index contributed by atoms with van der Waals surface area (Å²) in [5.74, 6) is 0.0579. The highest BCUT2D eigenvalue weighted by Gasteiger charge is 2.11. The second-order valence-corrected chi connectivity index (χ2v) is 6.32. The Labute approximate surface area is 174 Å². The van der Waals surface area contributed by atoms with E-state index in [0.29, 0.717) is 28.3 Å². The predicted molar refractivity (Wildman–Crippen MR) is 112 cm³/mol. The summed E-state index contributed by atoms with van der Waals surface area (Å²) in [6.07, 6.45) is 1.47. The minimum Gasteiger partial charge on any atom is -0.493 e. The minimum absolute atomic E-state index is 0.0469. The Hall–Kier alpha value is -4.11. The fourth-order valence-electron chi connectivity index (χ4n) is 2.72. The topological polar surface area (TPSA) is 71.3 Å². The molecule has 0 saturated carbocycles. The van der Waals surface area contributed by atoms with Crippen molar-refractivity contribution in [2.45, 2.75) is 6.61 Å². The highest BCUT2D eigenvalue weighted by molar-refractivity contribution is 6.09. The van der Waals surface area contributed by atoms with Crippen molar-refractivity contribution in [1.29, 1.82) is 5.26 Å². The van der Waals surface area contributed by atoms with Crippen LogP contribution in [0.25, 0.3) is 6.08 Å². The molecule has 1 amide bonds. The first-order valence-corrected chi connectivity index (χ1v) is 9.12. The van der Waals surface area contributed by atoms with E-state index in [1.54, 1.807) is 54.6 Å². The number of anilines is 1. The summed E-state index contributed by atoms with van der Waals surface area (Å²) in [5, 5.41) is 12.1. The van der Waals surface area contributed by atoms with E-state index < -0.39 is 5.91 Å². The number of hydrogen-bond donors (Lipinski definition) is 1. The van der Waals surface area contributed by atoms with E-state index in [2.05, 4.69) is 5.32 Å². The molecule has 0 saturated heterocycles. The van der Waals surface area contributed by atoms with Crippen molar-refractivity contribution in [3.8, 4) is 17.6 Å². The highest BCUT2D eigenvalue weighted by Crippen LogP contribution is 2.30. The van der Waals surface area contributed by atoms with E-state index in [4.69, 9.17) is 9.47 Å². The fraction of sp³-hybridized carbons (Fsp3) is 0.0833. The van der Waals surface area contributed by atoms with Gasteiger partial charge in [-0.2, -0.15) is 5.26 Å². The number of benzene rings is 3. The Morgan fingerprint density at radius 1 is 1.07 bits per heavy atom. The molecule has 0 spiro atoms. The van der Waals surface area contributed by atoms with Gasteiger partial charge in [0, 0.05) is 5.69 Å². The molecule has 0 atom stereocenters. The Bertz CT molecular complexity index is 1100. The first kappa shape index (κ1) is 20.6. The summed E-state index contributed by atoms with van der Waals surface area (Å²) in [6, 6.07) is 22.0. The third-order valence-corrected chi connectivity index (χ3v) is 4.18. The van der Waals surface area contributed by atoms with Crippen molar-refractivity contribution in [3.05, 3.63) is 95.3 Å². The van der Waals surface area contributed by atoms with Gasteiger partial charge in [0.25, 0.3) is 5.91 Å². The molecule has 150 valence electrons. The Balaban J connectivity index is 1.75. The first-order valence-electron chi connectivity index (χ1n) is 9.12. The van der Waals surface area contributed by atoms with Gasteiger partial charge in [-0.25, -0.2) is 4.39 Å². The smallest absolute Gasteiger partial charge is 0.266 e. The van der Waals surface area contributed by atoms with Crippen LogP contribution in [0.1, 0.15) is 11.1 Å². The predicted octanol–water partition coefficient (Wildman–Crippen LogP) is 4.96. The molecule has 0 aliphatic carbocycles. The second kappa shape index (κ2) is 9.89. The third kappa shape index (κ3) is 5.46. The number of amides is 1. The summed E-state index contributed by atoms with van der Waals surface area (Å²) in [6.45, 7) is 0.173. The summed E-state index contributed by atoms with van der Waals surface area (Å²) < 4.78 is 24.4. The van der Waals surface area contributed by atoms with Crippen LogP contribution in [0.2, 0.25) is 0 Å². The van der Waals surface area contributed by atoms with Crippen molar-refractivity contribution in [1.82, 2.24) is 0 Å². The molecule has 3 rings (SSSR count). The van der Waals surface area contributed by atoms with Crippen LogP contribution in [-0.4, -0.2) is 13.0 Å². The SMILES string of the molecule is COc1cc(/C=C(/C#N)C(=O)Nc2ccccc2)ccc1OCc1cccc(F)c1. The van der Waals surface area contributed by atoms with E-state index in [1.165, 1.54) is 25.3 Å². The monoisotopic (exact) mass is 402 g/mol. The van der Waals surface area contributed by atoms with Crippen molar-refractivity contribution in [2.24, 2.45) is 0 Å².